The standard InChI is InChI=1S/C11H21NO3/c1-2-3-4-7-10(13)12-9-6-5-8-11(14)15/h2-9H2,1H3,(H,12,13)(H,14,15). The molecule has 0 atom stereocenters. The second-order valence-electron chi connectivity index (χ2n) is 3.66. The van der Waals surface area contributed by atoms with Gasteiger partial charge in [-0.3, -0.25) is 9.59 Å². The number of hydrogen-bond acceptors (Lipinski definition) is 2. The summed E-state index contributed by atoms with van der Waals surface area (Å²) in [7, 11) is 0. The Balaban J connectivity index is 3.20. The highest BCUT2D eigenvalue weighted by molar-refractivity contribution is 5.75. The lowest BCUT2D eigenvalue weighted by molar-refractivity contribution is -0.137. The smallest absolute Gasteiger partial charge is 0.303 e. The van der Waals surface area contributed by atoms with Crippen LogP contribution in [0.25, 0.3) is 0 Å². The van der Waals surface area contributed by atoms with Crippen molar-refractivity contribution in [2.24, 2.45) is 0 Å². The van der Waals surface area contributed by atoms with E-state index in [1.807, 2.05) is 0 Å². The van der Waals surface area contributed by atoms with Gasteiger partial charge in [-0.05, 0) is 19.3 Å². The van der Waals surface area contributed by atoms with Crippen molar-refractivity contribution in [2.75, 3.05) is 6.54 Å². The number of carbonyl (C=O) groups excluding carboxylic acids is 1. The zero-order valence-electron chi connectivity index (χ0n) is 9.42. The molecule has 0 heterocycles. The minimum atomic E-state index is -0.774. The van der Waals surface area contributed by atoms with Crippen LogP contribution in [0, 0.1) is 0 Å². The van der Waals surface area contributed by atoms with Crippen LogP contribution in [-0.4, -0.2) is 23.5 Å². The van der Waals surface area contributed by atoms with E-state index in [4.69, 9.17) is 5.11 Å². The Labute approximate surface area is 91.1 Å². The van der Waals surface area contributed by atoms with E-state index >= 15 is 0 Å². The van der Waals surface area contributed by atoms with Gasteiger partial charge >= 0.3 is 5.97 Å². The molecule has 0 saturated heterocycles. The zero-order valence-corrected chi connectivity index (χ0v) is 9.42. The number of rotatable bonds is 9. The van der Waals surface area contributed by atoms with Gasteiger partial charge in [0.25, 0.3) is 0 Å². The molecule has 4 nitrogen and oxygen atoms in total. The first kappa shape index (κ1) is 13.9. The van der Waals surface area contributed by atoms with Crippen molar-refractivity contribution in [3.63, 3.8) is 0 Å². The number of aliphatic carboxylic acids is 1. The number of carboxylic acid groups (broad SMARTS) is 1. The molecule has 0 aromatic rings. The Morgan fingerprint density at radius 2 is 1.73 bits per heavy atom. The third-order valence-electron chi connectivity index (χ3n) is 2.15. The first-order valence-corrected chi connectivity index (χ1v) is 5.65. The second kappa shape index (κ2) is 9.49. The normalized spacial score (nSPS) is 9.93. The average molecular weight is 215 g/mol. The molecule has 0 saturated carbocycles. The molecule has 0 aliphatic heterocycles. The molecule has 0 unspecified atom stereocenters. The van der Waals surface area contributed by atoms with Gasteiger partial charge in [0.15, 0.2) is 0 Å². The van der Waals surface area contributed by atoms with Crippen LogP contribution in [0.2, 0.25) is 0 Å². The second-order valence-corrected chi connectivity index (χ2v) is 3.66. The van der Waals surface area contributed by atoms with Crippen molar-refractivity contribution < 1.29 is 14.7 Å². The highest BCUT2D eigenvalue weighted by Gasteiger charge is 2.00. The van der Waals surface area contributed by atoms with E-state index in [0.29, 0.717) is 19.4 Å². The van der Waals surface area contributed by atoms with Crippen LogP contribution >= 0.6 is 0 Å². The summed E-state index contributed by atoms with van der Waals surface area (Å²) >= 11 is 0. The van der Waals surface area contributed by atoms with Gasteiger partial charge in [-0.15, -0.1) is 0 Å². The maximum absolute atomic E-state index is 11.2. The van der Waals surface area contributed by atoms with E-state index in [1.54, 1.807) is 0 Å². The zero-order chi connectivity index (χ0) is 11.5. The lowest BCUT2D eigenvalue weighted by Crippen LogP contribution is -2.24. The Hall–Kier alpha value is -1.06. The maximum Gasteiger partial charge on any atom is 0.303 e. The van der Waals surface area contributed by atoms with Gasteiger partial charge in [-0.2, -0.15) is 0 Å². The molecule has 15 heavy (non-hydrogen) atoms. The number of amides is 1. The van der Waals surface area contributed by atoms with Gasteiger partial charge in [-0.1, -0.05) is 19.8 Å². The average Bonchev–Trinajstić information content (AvgIpc) is 2.17. The van der Waals surface area contributed by atoms with Crippen molar-refractivity contribution in [2.45, 2.75) is 51.9 Å². The molecule has 0 aliphatic carbocycles. The first-order chi connectivity index (χ1) is 7.16. The molecule has 0 fully saturated rings. The Bertz CT molecular complexity index is 192. The highest BCUT2D eigenvalue weighted by Crippen LogP contribution is 1.99. The third kappa shape index (κ3) is 10.9. The largest absolute Gasteiger partial charge is 0.481 e. The SMILES string of the molecule is CCCCCC(=O)NCCCCC(=O)O. The van der Waals surface area contributed by atoms with Crippen LogP contribution in [-0.2, 0) is 9.59 Å². The minimum Gasteiger partial charge on any atom is -0.481 e. The summed E-state index contributed by atoms with van der Waals surface area (Å²) in [5.41, 5.74) is 0. The fourth-order valence-corrected chi connectivity index (χ4v) is 1.25. The molecule has 0 bridgehead atoms. The fourth-order valence-electron chi connectivity index (χ4n) is 1.25. The molecule has 1 amide bonds. The molecular weight excluding hydrogens is 194 g/mol. The summed E-state index contributed by atoms with van der Waals surface area (Å²) in [6.45, 7) is 2.70. The number of hydrogen-bond donors (Lipinski definition) is 2. The van der Waals surface area contributed by atoms with Gasteiger partial charge in [0.05, 0.1) is 0 Å². The Kier molecular flexibility index (Phi) is 8.82. The molecule has 88 valence electrons. The molecule has 0 spiro atoms. The topological polar surface area (TPSA) is 66.4 Å². The quantitative estimate of drug-likeness (QED) is 0.578. The highest BCUT2D eigenvalue weighted by atomic mass is 16.4. The summed E-state index contributed by atoms with van der Waals surface area (Å²) < 4.78 is 0. The molecule has 0 aliphatic rings. The lowest BCUT2D eigenvalue weighted by atomic mass is 10.2. The van der Waals surface area contributed by atoms with Crippen LogP contribution in [0.4, 0.5) is 0 Å². The summed E-state index contributed by atoms with van der Waals surface area (Å²) in [5, 5.41) is 11.2. The summed E-state index contributed by atoms with van der Waals surface area (Å²) in [6, 6.07) is 0. The summed E-state index contributed by atoms with van der Waals surface area (Å²) in [6.07, 6.45) is 5.30. The van der Waals surface area contributed by atoms with Crippen molar-refractivity contribution >= 4 is 11.9 Å². The van der Waals surface area contributed by atoms with Crippen LogP contribution in [0.15, 0.2) is 0 Å². The summed E-state index contributed by atoms with van der Waals surface area (Å²) in [5.74, 6) is -0.692. The molecule has 0 aromatic heterocycles. The van der Waals surface area contributed by atoms with Crippen molar-refractivity contribution in [1.29, 1.82) is 0 Å². The molecule has 0 rings (SSSR count). The molecule has 0 radical (unpaired) electrons. The maximum atomic E-state index is 11.2. The Morgan fingerprint density at radius 3 is 2.33 bits per heavy atom. The molecular formula is C11H21NO3. The van der Waals surface area contributed by atoms with E-state index in [-0.39, 0.29) is 12.3 Å². The van der Waals surface area contributed by atoms with Crippen molar-refractivity contribution in [3.8, 4) is 0 Å². The van der Waals surface area contributed by atoms with Gasteiger partial charge in [0, 0.05) is 19.4 Å². The lowest BCUT2D eigenvalue weighted by Gasteiger charge is -2.03. The number of carboxylic acids is 1. The van der Waals surface area contributed by atoms with Crippen LogP contribution in [0.5, 0.6) is 0 Å². The van der Waals surface area contributed by atoms with Crippen LogP contribution in [0.3, 0.4) is 0 Å². The Morgan fingerprint density at radius 1 is 1.07 bits per heavy atom. The monoisotopic (exact) mass is 215 g/mol. The van der Waals surface area contributed by atoms with Crippen molar-refractivity contribution in [1.82, 2.24) is 5.32 Å². The van der Waals surface area contributed by atoms with Crippen LogP contribution in [0.1, 0.15) is 51.9 Å². The van der Waals surface area contributed by atoms with E-state index in [0.717, 1.165) is 25.7 Å². The predicted molar refractivity (Wildman–Crippen MR) is 58.6 cm³/mol. The number of nitrogens with one attached hydrogen (secondary N) is 1. The molecule has 2 N–H and O–H groups in total. The van der Waals surface area contributed by atoms with Gasteiger partial charge in [0.2, 0.25) is 5.91 Å². The van der Waals surface area contributed by atoms with E-state index < -0.39 is 5.97 Å². The van der Waals surface area contributed by atoms with E-state index in [9.17, 15) is 9.59 Å². The fraction of sp³-hybridized carbons (Fsp3) is 0.818. The predicted octanol–water partition coefficient (Wildman–Crippen LogP) is 1.94. The van der Waals surface area contributed by atoms with E-state index in [1.165, 1.54) is 0 Å². The number of carbonyl (C=O) groups is 2. The van der Waals surface area contributed by atoms with Gasteiger partial charge in [0.1, 0.15) is 0 Å². The third-order valence-corrected chi connectivity index (χ3v) is 2.15. The van der Waals surface area contributed by atoms with Crippen molar-refractivity contribution in [3.05, 3.63) is 0 Å². The molecule has 0 aromatic carbocycles. The first-order valence-electron chi connectivity index (χ1n) is 5.65. The minimum absolute atomic E-state index is 0.0822. The summed E-state index contributed by atoms with van der Waals surface area (Å²) in [4.78, 5) is 21.4. The number of unbranched alkanes of at least 4 members (excludes halogenated alkanes) is 3. The van der Waals surface area contributed by atoms with Gasteiger partial charge in [-0.25, -0.2) is 0 Å². The molecule has 4 heteroatoms. The van der Waals surface area contributed by atoms with Crippen LogP contribution < -0.4 is 5.32 Å². The van der Waals surface area contributed by atoms with Gasteiger partial charge < -0.3 is 10.4 Å². The van der Waals surface area contributed by atoms with E-state index in [2.05, 4.69) is 12.2 Å².